The minimum atomic E-state index is -3.79. The van der Waals surface area contributed by atoms with Gasteiger partial charge in [0, 0.05) is 31.1 Å². The van der Waals surface area contributed by atoms with E-state index in [4.69, 9.17) is 9.26 Å². The summed E-state index contributed by atoms with van der Waals surface area (Å²) in [6.07, 6.45) is 0.328. The van der Waals surface area contributed by atoms with Gasteiger partial charge in [0.1, 0.15) is 5.75 Å². The second kappa shape index (κ2) is 10.4. The van der Waals surface area contributed by atoms with Gasteiger partial charge in [-0.15, -0.1) is 0 Å². The van der Waals surface area contributed by atoms with Crippen molar-refractivity contribution in [2.24, 2.45) is 0 Å². The maximum absolute atomic E-state index is 13.0. The Bertz CT molecular complexity index is 1400. The van der Waals surface area contributed by atoms with Crippen LogP contribution in [-0.2, 0) is 21.2 Å². The van der Waals surface area contributed by atoms with Crippen LogP contribution in [0, 0.1) is 0 Å². The first-order valence-electron chi connectivity index (χ1n) is 10.8. The summed E-state index contributed by atoms with van der Waals surface area (Å²) in [5, 5.41) is 6.68. The zero-order valence-electron chi connectivity index (χ0n) is 19.2. The summed E-state index contributed by atoms with van der Waals surface area (Å²) in [4.78, 5) is 16.9. The molecule has 0 bridgehead atoms. The molecule has 1 aromatic heterocycles. The van der Waals surface area contributed by atoms with E-state index in [9.17, 15) is 13.2 Å². The summed E-state index contributed by atoms with van der Waals surface area (Å²) in [5.41, 5.74) is 1.68. The average Bonchev–Trinajstić information content (AvgIpc) is 3.37. The Hall–Kier alpha value is -4.18. The van der Waals surface area contributed by atoms with Crippen molar-refractivity contribution in [3.63, 3.8) is 0 Å². The molecule has 0 atom stereocenters. The fourth-order valence-corrected chi connectivity index (χ4v) is 4.57. The number of carbonyl (C=O) groups is 1. The maximum atomic E-state index is 13.0. The monoisotopic (exact) mass is 492 g/mol. The van der Waals surface area contributed by atoms with Crippen LogP contribution in [0.4, 0.5) is 11.4 Å². The molecule has 4 rings (SSSR count). The summed E-state index contributed by atoms with van der Waals surface area (Å²) in [6, 6.07) is 22.1. The van der Waals surface area contributed by atoms with Crippen LogP contribution in [0.3, 0.4) is 0 Å². The van der Waals surface area contributed by atoms with E-state index in [1.54, 1.807) is 55.6 Å². The van der Waals surface area contributed by atoms with E-state index < -0.39 is 10.0 Å². The Labute approximate surface area is 203 Å². The highest BCUT2D eigenvalue weighted by atomic mass is 32.2. The number of nitrogens with one attached hydrogen (secondary N) is 1. The molecule has 9 nitrogen and oxygen atoms in total. The highest BCUT2D eigenvalue weighted by molar-refractivity contribution is 7.92. The minimum absolute atomic E-state index is 0.0719. The van der Waals surface area contributed by atoms with Crippen molar-refractivity contribution in [3.05, 3.63) is 84.8 Å². The molecule has 1 heterocycles. The van der Waals surface area contributed by atoms with Crippen molar-refractivity contribution in [2.45, 2.75) is 17.7 Å². The van der Waals surface area contributed by atoms with Gasteiger partial charge in [-0.1, -0.05) is 29.4 Å². The average molecular weight is 493 g/mol. The third-order valence-corrected chi connectivity index (χ3v) is 7.06. The number of anilines is 2. The lowest BCUT2D eigenvalue weighted by Gasteiger charge is -2.19. The number of nitrogens with zero attached hydrogens (tertiary/aromatic N) is 3. The number of aromatic nitrogens is 2. The Morgan fingerprint density at radius 3 is 2.49 bits per heavy atom. The number of para-hydroxylation sites is 1. The van der Waals surface area contributed by atoms with Crippen LogP contribution < -0.4 is 14.4 Å². The summed E-state index contributed by atoms with van der Waals surface area (Å²) >= 11 is 0. The number of methoxy groups -OCH3 is 1. The highest BCUT2D eigenvalue weighted by Gasteiger charge is 2.21. The normalized spacial score (nSPS) is 11.1. The zero-order chi connectivity index (χ0) is 24.8. The first-order chi connectivity index (χ1) is 16.9. The lowest BCUT2D eigenvalue weighted by Crippen LogP contribution is -2.26. The van der Waals surface area contributed by atoms with E-state index >= 15 is 0 Å². The van der Waals surface area contributed by atoms with Gasteiger partial charge in [-0.25, -0.2) is 8.42 Å². The molecule has 0 unspecified atom stereocenters. The quantitative estimate of drug-likeness (QED) is 0.373. The Balaban J connectivity index is 1.38. The van der Waals surface area contributed by atoms with Gasteiger partial charge in [0.05, 0.1) is 17.7 Å². The molecule has 10 heteroatoms. The number of hydrogen-bond donors (Lipinski definition) is 1. The maximum Gasteiger partial charge on any atom is 0.264 e. The number of sulfonamides is 1. The molecule has 0 saturated carbocycles. The predicted octanol–water partition coefficient (Wildman–Crippen LogP) is 4.14. The van der Waals surface area contributed by atoms with Crippen LogP contribution in [-0.4, -0.2) is 38.6 Å². The van der Waals surface area contributed by atoms with Gasteiger partial charge in [-0.2, -0.15) is 4.98 Å². The molecule has 0 aliphatic rings. The van der Waals surface area contributed by atoms with Crippen molar-refractivity contribution in [1.29, 1.82) is 0 Å². The van der Waals surface area contributed by atoms with Gasteiger partial charge < -0.3 is 14.6 Å². The van der Waals surface area contributed by atoms with Gasteiger partial charge in [0.25, 0.3) is 10.0 Å². The molecule has 1 amide bonds. The summed E-state index contributed by atoms with van der Waals surface area (Å²) in [7, 11) is -0.718. The first-order valence-corrected chi connectivity index (χ1v) is 12.2. The number of ether oxygens (including phenoxy) is 1. The van der Waals surface area contributed by atoms with E-state index in [1.807, 2.05) is 18.2 Å². The third kappa shape index (κ3) is 5.67. The van der Waals surface area contributed by atoms with Crippen LogP contribution >= 0.6 is 0 Å². The van der Waals surface area contributed by atoms with E-state index in [-0.39, 0.29) is 23.6 Å². The van der Waals surface area contributed by atoms with E-state index in [0.29, 0.717) is 23.1 Å². The summed E-state index contributed by atoms with van der Waals surface area (Å²) in [6.45, 7) is 0. The van der Waals surface area contributed by atoms with Gasteiger partial charge in [0.15, 0.2) is 0 Å². The molecule has 0 saturated heterocycles. The summed E-state index contributed by atoms with van der Waals surface area (Å²) < 4.78 is 37.6. The molecular formula is C25H24N4O5S. The third-order valence-electron chi connectivity index (χ3n) is 5.28. The second-order valence-corrected chi connectivity index (χ2v) is 9.59. The molecule has 0 aliphatic carbocycles. The Morgan fingerprint density at radius 1 is 1.03 bits per heavy atom. The fourth-order valence-electron chi connectivity index (χ4n) is 3.33. The second-order valence-electron chi connectivity index (χ2n) is 7.62. The van der Waals surface area contributed by atoms with Crippen LogP contribution in [0.15, 0.2) is 88.3 Å². The van der Waals surface area contributed by atoms with Crippen LogP contribution in [0.1, 0.15) is 12.3 Å². The molecule has 0 radical (unpaired) electrons. The van der Waals surface area contributed by atoms with E-state index in [1.165, 1.54) is 23.5 Å². The minimum Gasteiger partial charge on any atom is -0.497 e. The molecule has 0 spiro atoms. The van der Waals surface area contributed by atoms with Gasteiger partial charge in [-0.05, 0) is 54.6 Å². The van der Waals surface area contributed by atoms with Gasteiger partial charge >= 0.3 is 0 Å². The molecule has 1 N–H and O–H groups in total. The molecule has 180 valence electrons. The van der Waals surface area contributed by atoms with Crippen molar-refractivity contribution in [2.75, 3.05) is 23.8 Å². The first kappa shape index (κ1) is 24.0. The van der Waals surface area contributed by atoms with Gasteiger partial charge in [0.2, 0.25) is 17.6 Å². The lowest BCUT2D eigenvalue weighted by atomic mass is 10.2. The Morgan fingerprint density at radius 2 is 1.77 bits per heavy atom. The number of rotatable bonds is 9. The smallest absolute Gasteiger partial charge is 0.264 e. The van der Waals surface area contributed by atoms with E-state index in [0.717, 1.165) is 11.3 Å². The van der Waals surface area contributed by atoms with Crippen molar-refractivity contribution >= 4 is 27.3 Å². The topological polar surface area (TPSA) is 115 Å². The number of amides is 1. The molecular weight excluding hydrogens is 468 g/mol. The van der Waals surface area contributed by atoms with Crippen LogP contribution in [0.5, 0.6) is 5.75 Å². The molecule has 35 heavy (non-hydrogen) atoms. The standard InChI is InChI=1S/C25H24N4O5S/c1-29(20-8-4-3-5-9-20)35(31,32)22-10-6-7-19(17-22)26-23(30)15-16-24-27-25(28-34-24)18-11-13-21(33-2)14-12-18/h3-14,17H,15-16H2,1-2H3,(H,26,30). The molecule has 0 fully saturated rings. The number of aryl methyl sites for hydroxylation is 1. The van der Waals surface area contributed by atoms with Crippen molar-refractivity contribution in [1.82, 2.24) is 10.1 Å². The van der Waals surface area contributed by atoms with E-state index in [2.05, 4.69) is 15.5 Å². The largest absolute Gasteiger partial charge is 0.497 e. The van der Waals surface area contributed by atoms with Crippen LogP contribution in [0.25, 0.3) is 11.4 Å². The Kier molecular flexibility index (Phi) is 7.11. The zero-order valence-corrected chi connectivity index (χ0v) is 20.0. The van der Waals surface area contributed by atoms with Crippen LogP contribution in [0.2, 0.25) is 0 Å². The molecule has 3 aromatic carbocycles. The SMILES string of the molecule is COc1ccc(-c2noc(CCC(=O)Nc3cccc(S(=O)(=O)N(C)c4ccccc4)c3)n2)cc1. The highest BCUT2D eigenvalue weighted by Crippen LogP contribution is 2.24. The lowest BCUT2D eigenvalue weighted by molar-refractivity contribution is -0.116. The predicted molar refractivity (Wildman–Crippen MR) is 132 cm³/mol. The number of benzene rings is 3. The van der Waals surface area contributed by atoms with Crippen molar-refractivity contribution in [3.8, 4) is 17.1 Å². The van der Waals surface area contributed by atoms with Gasteiger partial charge in [-0.3, -0.25) is 9.10 Å². The number of hydrogen-bond acceptors (Lipinski definition) is 7. The van der Waals surface area contributed by atoms with Crippen molar-refractivity contribution < 1.29 is 22.5 Å². The summed E-state index contributed by atoms with van der Waals surface area (Å²) in [5.74, 6) is 1.16. The molecule has 0 aliphatic heterocycles. The number of carbonyl (C=O) groups excluding carboxylic acids is 1. The molecule has 4 aromatic rings. The fraction of sp³-hybridized carbons (Fsp3) is 0.160.